The van der Waals surface area contributed by atoms with Crippen LogP contribution in [0.1, 0.15) is 39.6 Å². The third-order valence-electron chi connectivity index (χ3n) is 4.88. The minimum Gasteiger partial charge on any atom is -0.333 e. The van der Waals surface area contributed by atoms with Crippen molar-refractivity contribution in [2.24, 2.45) is 0 Å². The van der Waals surface area contributed by atoms with Crippen LogP contribution in [0.4, 0.5) is 0 Å². The lowest BCUT2D eigenvalue weighted by Gasteiger charge is -2.39. The van der Waals surface area contributed by atoms with E-state index in [1.807, 2.05) is 39.6 Å². The molecule has 0 unspecified atom stereocenters. The van der Waals surface area contributed by atoms with Crippen molar-refractivity contribution in [2.45, 2.75) is 44.8 Å². The molecule has 2 atom stereocenters. The average Bonchev–Trinajstić information content (AvgIpc) is 3.30. The Morgan fingerprint density at radius 2 is 2.21 bits per heavy atom. The van der Waals surface area contributed by atoms with Gasteiger partial charge in [-0.15, -0.1) is 22.7 Å². The topological polar surface area (TPSA) is 53.5 Å². The molecule has 0 bridgehead atoms. The zero-order valence-corrected chi connectivity index (χ0v) is 15.1. The van der Waals surface area contributed by atoms with E-state index in [0.717, 1.165) is 35.0 Å². The summed E-state index contributed by atoms with van der Waals surface area (Å²) in [6.07, 6.45) is 2.14. The van der Waals surface area contributed by atoms with Crippen LogP contribution < -0.4 is 0 Å². The summed E-state index contributed by atoms with van der Waals surface area (Å²) in [6, 6.07) is 4.05. The van der Waals surface area contributed by atoms with Crippen LogP contribution in [0.15, 0.2) is 22.9 Å². The Morgan fingerprint density at radius 3 is 2.92 bits per heavy atom. The molecule has 0 N–H and O–H groups in total. The Labute approximate surface area is 148 Å². The molecular weight excluding hydrogens is 342 g/mol. The molecule has 0 aliphatic carbocycles. The van der Waals surface area contributed by atoms with E-state index in [9.17, 15) is 9.59 Å². The molecule has 2 amide bonds. The summed E-state index contributed by atoms with van der Waals surface area (Å²) in [5.41, 5.74) is 0.953. The highest BCUT2D eigenvalue weighted by atomic mass is 32.1. The summed E-state index contributed by atoms with van der Waals surface area (Å²) in [6.45, 7) is 3.27. The van der Waals surface area contributed by atoms with Crippen molar-refractivity contribution in [2.75, 3.05) is 6.54 Å². The van der Waals surface area contributed by atoms with Crippen molar-refractivity contribution in [1.82, 2.24) is 14.8 Å². The molecule has 2 aliphatic rings. The van der Waals surface area contributed by atoms with Crippen molar-refractivity contribution >= 4 is 34.5 Å². The monoisotopic (exact) mass is 361 g/mol. The fourth-order valence-electron chi connectivity index (χ4n) is 3.80. The van der Waals surface area contributed by atoms with E-state index in [1.165, 1.54) is 11.3 Å². The number of rotatable bonds is 3. The van der Waals surface area contributed by atoms with Crippen LogP contribution >= 0.6 is 22.7 Å². The first kappa shape index (κ1) is 15.8. The average molecular weight is 361 g/mol. The first-order chi connectivity index (χ1) is 11.6. The zero-order valence-electron chi connectivity index (χ0n) is 13.5. The predicted molar refractivity (Wildman–Crippen MR) is 94.2 cm³/mol. The molecule has 24 heavy (non-hydrogen) atoms. The van der Waals surface area contributed by atoms with Gasteiger partial charge in [-0.1, -0.05) is 6.07 Å². The minimum atomic E-state index is 0.108. The fourth-order valence-corrected chi connectivity index (χ4v) is 5.09. The van der Waals surface area contributed by atoms with Crippen LogP contribution in [0.25, 0.3) is 0 Å². The summed E-state index contributed by atoms with van der Waals surface area (Å²) in [7, 11) is 0. The molecule has 0 saturated carbocycles. The van der Waals surface area contributed by atoms with Crippen LogP contribution in [0.3, 0.4) is 0 Å². The second-order valence-electron chi connectivity index (χ2n) is 6.32. The summed E-state index contributed by atoms with van der Waals surface area (Å²) in [5.74, 6) is 0.295. The molecule has 126 valence electrons. The molecule has 2 saturated heterocycles. The SMILES string of the molecule is Cc1nc(CN2C(=O)CC[C@@H]3[C@H]2CCN3C(=O)c2cccs2)cs1. The van der Waals surface area contributed by atoms with Crippen molar-refractivity contribution in [1.29, 1.82) is 0 Å². The molecule has 2 fully saturated rings. The number of carbonyl (C=O) groups excluding carboxylic acids is 2. The van der Waals surface area contributed by atoms with Gasteiger partial charge in [-0.05, 0) is 31.2 Å². The molecule has 0 spiro atoms. The van der Waals surface area contributed by atoms with E-state index in [4.69, 9.17) is 0 Å². The molecule has 4 heterocycles. The summed E-state index contributed by atoms with van der Waals surface area (Å²) < 4.78 is 0. The molecule has 0 aromatic carbocycles. The number of aromatic nitrogens is 1. The Morgan fingerprint density at radius 1 is 1.33 bits per heavy atom. The third kappa shape index (κ3) is 2.75. The molecule has 2 aliphatic heterocycles. The molecule has 2 aromatic rings. The van der Waals surface area contributed by atoms with Gasteiger partial charge in [0.25, 0.3) is 5.91 Å². The number of thiophene rings is 1. The van der Waals surface area contributed by atoms with Gasteiger partial charge in [0.05, 0.1) is 34.2 Å². The summed E-state index contributed by atoms with van der Waals surface area (Å²) in [5, 5.41) is 4.98. The van der Waals surface area contributed by atoms with E-state index in [2.05, 4.69) is 4.98 Å². The predicted octanol–water partition coefficient (Wildman–Crippen LogP) is 2.92. The maximum absolute atomic E-state index is 12.7. The van der Waals surface area contributed by atoms with Gasteiger partial charge >= 0.3 is 0 Å². The first-order valence-corrected chi connectivity index (χ1v) is 9.94. The smallest absolute Gasteiger partial charge is 0.264 e. The number of carbonyl (C=O) groups is 2. The zero-order chi connectivity index (χ0) is 16.7. The Hall–Kier alpha value is -1.73. The van der Waals surface area contributed by atoms with Crippen LogP contribution in [0.5, 0.6) is 0 Å². The van der Waals surface area contributed by atoms with Crippen LogP contribution in [-0.4, -0.2) is 45.2 Å². The molecule has 2 aromatic heterocycles. The van der Waals surface area contributed by atoms with Crippen LogP contribution in [0, 0.1) is 6.92 Å². The summed E-state index contributed by atoms with van der Waals surface area (Å²) in [4.78, 5) is 34.4. The largest absolute Gasteiger partial charge is 0.333 e. The number of amides is 2. The highest BCUT2D eigenvalue weighted by molar-refractivity contribution is 7.12. The van der Waals surface area contributed by atoms with Crippen molar-refractivity contribution in [3.63, 3.8) is 0 Å². The lowest BCUT2D eigenvalue weighted by molar-refractivity contribution is -0.138. The Bertz CT molecular complexity index is 756. The third-order valence-corrected chi connectivity index (χ3v) is 6.56. The van der Waals surface area contributed by atoms with Gasteiger partial charge in [-0.25, -0.2) is 4.98 Å². The van der Waals surface area contributed by atoms with E-state index in [1.54, 1.807) is 11.3 Å². The molecule has 4 rings (SSSR count). The molecular formula is C17H19N3O2S2. The highest BCUT2D eigenvalue weighted by Crippen LogP contribution is 2.34. The van der Waals surface area contributed by atoms with Crippen molar-refractivity contribution in [3.8, 4) is 0 Å². The number of hydrogen-bond acceptors (Lipinski definition) is 5. The lowest BCUT2D eigenvalue weighted by Crippen LogP contribution is -2.52. The van der Waals surface area contributed by atoms with Gasteiger partial charge in [0.2, 0.25) is 5.91 Å². The van der Waals surface area contributed by atoms with Gasteiger partial charge in [-0.2, -0.15) is 0 Å². The second kappa shape index (κ2) is 6.29. The molecule has 0 radical (unpaired) electrons. The maximum Gasteiger partial charge on any atom is 0.264 e. The van der Waals surface area contributed by atoms with E-state index < -0.39 is 0 Å². The number of thiazole rings is 1. The van der Waals surface area contributed by atoms with E-state index in [0.29, 0.717) is 13.0 Å². The number of hydrogen-bond donors (Lipinski definition) is 0. The second-order valence-corrected chi connectivity index (χ2v) is 8.33. The molecule has 7 heteroatoms. The first-order valence-electron chi connectivity index (χ1n) is 8.18. The van der Waals surface area contributed by atoms with Crippen molar-refractivity contribution < 1.29 is 9.59 Å². The van der Waals surface area contributed by atoms with Gasteiger partial charge in [0, 0.05) is 18.3 Å². The summed E-state index contributed by atoms with van der Waals surface area (Å²) >= 11 is 3.09. The van der Waals surface area contributed by atoms with Gasteiger partial charge < -0.3 is 9.80 Å². The number of piperidine rings is 1. The normalized spacial score (nSPS) is 23.6. The highest BCUT2D eigenvalue weighted by Gasteiger charge is 2.45. The maximum atomic E-state index is 12.7. The minimum absolute atomic E-state index is 0.108. The van der Waals surface area contributed by atoms with Crippen LogP contribution in [-0.2, 0) is 11.3 Å². The Kier molecular flexibility index (Phi) is 4.14. The standard InChI is InChI=1S/C17H19N3O2S2/c1-11-18-12(10-24-11)9-20-14-6-7-19(13(14)4-5-16(20)21)17(22)15-3-2-8-23-15/h2-3,8,10,13-14H,4-7,9H2,1H3/t13-,14-/m1/s1. The number of likely N-dealkylation sites (tertiary alicyclic amines) is 2. The quantitative estimate of drug-likeness (QED) is 0.845. The van der Waals surface area contributed by atoms with E-state index in [-0.39, 0.29) is 23.9 Å². The van der Waals surface area contributed by atoms with Gasteiger partial charge in [0.15, 0.2) is 0 Å². The van der Waals surface area contributed by atoms with Crippen molar-refractivity contribution in [3.05, 3.63) is 38.5 Å². The van der Waals surface area contributed by atoms with Gasteiger partial charge in [-0.3, -0.25) is 9.59 Å². The number of fused-ring (bicyclic) bond motifs is 1. The molecule has 5 nitrogen and oxygen atoms in total. The van der Waals surface area contributed by atoms with E-state index >= 15 is 0 Å². The van der Waals surface area contributed by atoms with Crippen LogP contribution in [0.2, 0.25) is 0 Å². The number of aryl methyl sites for hydroxylation is 1. The Balaban J connectivity index is 1.53. The fraction of sp³-hybridized carbons (Fsp3) is 0.471. The van der Waals surface area contributed by atoms with Gasteiger partial charge in [0.1, 0.15) is 0 Å². The lowest BCUT2D eigenvalue weighted by atomic mass is 9.96. The number of nitrogens with zero attached hydrogens (tertiary/aromatic N) is 3.